The van der Waals surface area contributed by atoms with Gasteiger partial charge in [-0.2, -0.15) is 0 Å². The second-order valence-electron chi connectivity index (χ2n) is 6.39. The summed E-state index contributed by atoms with van der Waals surface area (Å²) in [7, 11) is 2.89. The fraction of sp³-hybridized carbons (Fsp3) is 0.190. The largest absolute Gasteiger partial charge is 0.296 e. The molecular formula is C21H20ClN3O3S. The molecule has 0 fully saturated rings. The number of aryl methyl sites for hydroxylation is 2. The van der Waals surface area contributed by atoms with Crippen LogP contribution in [0.2, 0.25) is 5.02 Å². The zero-order chi connectivity index (χ0) is 21.1. The van der Waals surface area contributed by atoms with Crippen LogP contribution in [0.4, 0.5) is 10.8 Å². The van der Waals surface area contributed by atoms with Gasteiger partial charge in [0.1, 0.15) is 5.69 Å². The zero-order valence-electron chi connectivity index (χ0n) is 16.5. The van der Waals surface area contributed by atoms with Crippen LogP contribution >= 0.6 is 22.9 Å². The minimum atomic E-state index is -0.403. The quantitative estimate of drug-likeness (QED) is 0.534. The van der Waals surface area contributed by atoms with Crippen LogP contribution in [0.3, 0.4) is 0 Å². The number of aromatic nitrogens is 1. The highest BCUT2D eigenvalue weighted by Crippen LogP contribution is 2.33. The standard InChI is InChI=1S/C21H20ClN3O3S/c1-13-9-10-15(11-14(13)2)25(19(26)16-7-5-6-8-17(16)22)21-23-18(12-29-21)20(27)24(3)28-4/h5-12H,1-4H3. The Bertz CT molecular complexity index is 1070. The molecule has 3 rings (SSSR count). The smallest absolute Gasteiger partial charge is 0.274 e. The topological polar surface area (TPSA) is 62.7 Å². The van der Waals surface area contributed by atoms with Crippen LogP contribution in [0.15, 0.2) is 47.8 Å². The van der Waals surface area contributed by atoms with Crippen molar-refractivity contribution in [1.82, 2.24) is 10.0 Å². The summed E-state index contributed by atoms with van der Waals surface area (Å²) in [6.07, 6.45) is 0. The van der Waals surface area contributed by atoms with Crippen molar-refractivity contribution in [2.45, 2.75) is 13.8 Å². The molecule has 0 N–H and O–H groups in total. The highest BCUT2D eigenvalue weighted by molar-refractivity contribution is 7.14. The van der Waals surface area contributed by atoms with Crippen molar-refractivity contribution >= 4 is 45.6 Å². The maximum Gasteiger partial charge on any atom is 0.296 e. The van der Waals surface area contributed by atoms with Crippen molar-refractivity contribution in [2.24, 2.45) is 0 Å². The Labute approximate surface area is 178 Å². The number of nitrogens with zero attached hydrogens (tertiary/aromatic N) is 3. The predicted octanol–water partition coefficient (Wildman–Crippen LogP) is 5.03. The van der Waals surface area contributed by atoms with E-state index in [0.29, 0.717) is 21.4 Å². The van der Waals surface area contributed by atoms with E-state index in [1.807, 2.05) is 32.0 Å². The number of amides is 2. The first-order valence-corrected chi connectivity index (χ1v) is 10.0. The SMILES string of the molecule is CON(C)C(=O)c1csc(N(C(=O)c2ccccc2Cl)c2ccc(C)c(C)c2)n1. The molecule has 0 unspecified atom stereocenters. The minimum Gasteiger partial charge on any atom is -0.274 e. The van der Waals surface area contributed by atoms with Crippen molar-refractivity contribution in [3.63, 3.8) is 0 Å². The number of carbonyl (C=O) groups excluding carboxylic acids is 2. The van der Waals surface area contributed by atoms with Crippen molar-refractivity contribution in [3.8, 4) is 0 Å². The normalized spacial score (nSPS) is 10.7. The lowest BCUT2D eigenvalue weighted by atomic mass is 10.1. The maximum atomic E-state index is 13.4. The number of halogens is 1. The van der Waals surface area contributed by atoms with E-state index in [1.54, 1.807) is 29.6 Å². The molecule has 0 aliphatic rings. The van der Waals surface area contributed by atoms with E-state index in [4.69, 9.17) is 16.4 Å². The highest BCUT2D eigenvalue weighted by Gasteiger charge is 2.26. The summed E-state index contributed by atoms with van der Waals surface area (Å²) in [5.74, 6) is -0.729. The van der Waals surface area contributed by atoms with Gasteiger partial charge in [0.25, 0.3) is 11.8 Å². The maximum absolute atomic E-state index is 13.4. The number of thiazole rings is 1. The predicted molar refractivity (Wildman–Crippen MR) is 115 cm³/mol. The molecule has 0 spiro atoms. The van der Waals surface area contributed by atoms with Gasteiger partial charge >= 0.3 is 0 Å². The Morgan fingerprint density at radius 2 is 1.79 bits per heavy atom. The van der Waals surface area contributed by atoms with Gasteiger partial charge in [0, 0.05) is 12.4 Å². The van der Waals surface area contributed by atoms with Crippen LogP contribution in [0, 0.1) is 13.8 Å². The first-order valence-electron chi connectivity index (χ1n) is 8.77. The first kappa shape index (κ1) is 21.0. The van der Waals surface area contributed by atoms with E-state index in [2.05, 4.69) is 4.98 Å². The number of hydroxylamine groups is 2. The Morgan fingerprint density at radius 3 is 2.45 bits per heavy atom. The lowest BCUT2D eigenvalue weighted by Crippen LogP contribution is -2.28. The van der Waals surface area contributed by atoms with Gasteiger partial charge in [0.15, 0.2) is 5.13 Å². The van der Waals surface area contributed by atoms with Crippen LogP contribution in [-0.2, 0) is 4.84 Å². The van der Waals surface area contributed by atoms with Crippen molar-refractivity contribution in [3.05, 3.63) is 75.3 Å². The number of benzene rings is 2. The van der Waals surface area contributed by atoms with E-state index in [1.165, 1.54) is 30.4 Å². The second kappa shape index (κ2) is 8.73. The van der Waals surface area contributed by atoms with E-state index in [9.17, 15) is 9.59 Å². The number of hydrogen-bond donors (Lipinski definition) is 0. The van der Waals surface area contributed by atoms with Crippen molar-refractivity contribution in [1.29, 1.82) is 0 Å². The molecule has 29 heavy (non-hydrogen) atoms. The van der Waals surface area contributed by atoms with Gasteiger partial charge < -0.3 is 0 Å². The minimum absolute atomic E-state index is 0.190. The lowest BCUT2D eigenvalue weighted by molar-refractivity contribution is -0.0760. The number of carbonyl (C=O) groups is 2. The molecule has 150 valence electrons. The third kappa shape index (κ3) is 4.32. The average molecular weight is 430 g/mol. The van der Waals surface area contributed by atoms with Crippen LogP contribution in [-0.4, -0.2) is 36.0 Å². The summed E-state index contributed by atoms with van der Waals surface area (Å²) in [6.45, 7) is 3.97. The Morgan fingerprint density at radius 1 is 1.07 bits per heavy atom. The first-order chi connectivity index (χ1) is 13.8. The van der Waals surface area contributed by atoms with E-state index in [-0.39, 0.29) is 11.6 Å². The van der Waals surface area contributed by atoms with Crippen LogP contribution in [0.5, 0.6) is 0 Å². The molecule has 0 radical (unpaired) electrons. The molecule has 2 amide bonds. The van der Waals surface area contributed by atoms with E-state index in [0.717, 1.165) is 16.2 Å². The molecule has 3 aromatic rings. The summed E-state index contributed by atoms with van der Waals surface area (Å²) in [6, 6.07) is 12.5. The number of rotatable bonds is 5. The summed E-state index contributed by atoms with van der Waals surface area (Å²) < 4.78 is 0. The van der Waals surface area contributed by atoms with Gasteiger partial charge in [-0.25, -0.2) is 10.0 Å². The molecule has 0 aliphatic carbocycles. The van der Waals surface area contributed by atoms with Gasteiger partial charge in [-0.1, -0.05) is 29.8 Å². The molecule has 0 atom stereocenters. The van der Waals surface area contributed by atoms with E-state index < -0.39 is 5.91 Å². The Hall–Kier alpha value is -2.74. The van der Waals surface area contributed by atoms with Crippen molar-refractivity contribution in [2.75, 3.05) is 19.1 Å². The average Bonchev–Trinajstić information content (AvgIpc) is 3.19. The molecule has 8 heteroatoms. The van der Waals surface area contributed by atoms with Gasteiger partial charge in [-0.05, 0) is 49.2 Å². The summed E-state index contributed by atoms with van der Waals surface area (Å²) >= 11 is 7.46. The Balaban J connectivity index is 2.10. The fourth-order valence-electron chi connectivity index (χ4n) is 2.64. The number of hydrogen-bond acceptors (Lipinski definition) is 5. The lowest BCUT2D eigenvalue weighted by Gasteiger charge is -2.21. The zero-order valence-corrected chi connectivity index (χ0v) is 18.0. The van der Waals surface area contributed by atoms with Gasteiger partial charge in [0.05, 0.1) is 23.4 Å². The fourth-order valence-corrected chi connectivity index (χ4v) is 3.68. The van der Waals surface area contributed by atoms with Gasteiger partial charge in [0.2, 0.25) is 0 Å². The molecule has 1 heterocycles. The summed E-state index contributed by atoms with van der Waals surface area (Å²) in [5.41, 5.74) is 3.33. The molecule has 1 aromatic heterocycles. The van der Waals surface area contributed by atoms with Gasteiger partial charge in [-0.3, -0.25) is 19.3 Å². The van der Waals surface area contributed by atoms with Crippen LogP contribution in [0.1, 0.15) is 32.0 Å². The number of anilines is 2. The molecule has 0 saturated carbocycles. The summed E-state index contributed by atoms with van der Waals surface area (Å²) in [5, 5.41) is 3.39. The van der Waals surface area contributed by atoms with Crippen LogP contribution < -0.4 is 4.90 Å². The third-order valence-electron chi connectivity index (χ3n) is 4.52. The van der Waals surface area contributed by atoms with E-state index >= 15 is 0 Å². The van der Waals surface area contributed by atoms with Crippen molar-refractivity contribution < 1.29 is 14.4 Å². The second-order valence-corrected chi connectivity index (χ2v) is 7.63. The monoisotopic (exact) mass is 429 g/mol. The molecule has 0 saturated heterocycles. The molecule has 0 bridgehead atoms. The van der Waals surface area contributed by atoms with Crippen LogP contribution in [0.25, 0.3) is 0 Å². The van der Waals surface area contributed by atoms with Gasteiger partial charge in [-0.15, -0.1) is 11.3 Å². The third-order valence-corrected chi connectivity index (χ3v) is 5.67. The highest BCUT2D eigenvalue weighted by atomic mass is 35.5. The summed E-state index contributed by atoms with van der Waals surface area (Å²) in [4.78, 5) is 36.6. The Kier molecular flexibility index (Phi) is 6.32. The molecule has 2 aromatic carbocycles. The molecular weight excluding hydrogens is 410 g/mol. The molecule has 0 aliphatic heterocycles. The molecule has 6 nitrogen and oxygen atoms in total.